The Morgan fingerprint density at radius 1 is 1.62 bits per heavy atom. The van der Waals surface area contributed by atoms with Gasteiger partial charge >= 0.3 is 5.97 Å². The molecular weight excluding hydrogens is 211 g/mol. The first-order valence-corrected chi connectivity index (χ1v) is 4.61. The average Bonchev–Trinajstić information content (AvgIpc) is 2.30. The molecular formula is C11H11FN2O2. The standard InChI is InChI=1S/C11H11FN2O2/c1-16-11(15)4-7-2-3-10(12)9(6-14)8(7)5-13/h2-3H,4,6,14H2,1H3. The van der Waals surface area contributed by atoms with Crippen LogP contribution in [0.1, 0.15) is 16.7 Å². The number of ether oxygens (including phenoxy) is 1. The predicted molar refractivity (Wildman–Crippen MR) is 54.7 cm³/mol. The zero-order valence-electron chi connectivity index (χ0n) is 8.79. The second-order valence-corrected chi connectivity index (χ2v) is 3.13. The third-order valence-corrected chi connectivity index (χ3v) is 2.22. The number of hydrogen-bond acceptors (Lipinski definition) is 4. The van der Waals surface area contributed by atoms with Gasteiger partial charge in [-0.3, -0.25) is 4.79 Å². The molecule has 1 rings (SSSR count). The molecule has 0 unspecified atom stereocenters. The Kier molecular flexibility index (Phi) is 3.97. The highest BCUT2D eigenvalue weighted by atomic mass is 19.1. The maximum absolute atomic E-state index is 13.3. The van der Waals surface area contributed by atoms with E-state index in [0.717, 1.165) is 0 Å². The van der Waals surface area contributed by atoms with Gasteiger partial charge in [0, 0.05) is 12.1 Å². The fourth-order valence-corrected chi connectivity index (χ4v) is 1.38. The number of hydrogen-bond donors (Lipinski definition) is 1. The zero-order chi connectivity index (χ0) is 12.1. The number of benzene rings is 1. The fraction of sp³-hybridized carbons (Fsp3) is 0.273. The second kappa shape index (κ2) is 5.24. The molecule has 0 aliphatic carbocycles. The van der Waals surface area contributed by atoms with Crippen LogP contribution in [0.3, 0.4) is 0 Å². The molecule has 0 amide bonds. The second-order valence-electron chi connectivity index (χ2n) is 3.13. The number of nitrogens with zero attached hydrogens (tertiary/aromatic N) is 1. The van der Waals surface area contributed by atoms with Crippen molar-refractivity contribution < 1.29 is 13.9 Å². The van der Waals surface area contributed by atoms with Crippen LogP contribution in [0.2, 0.25) is 0 Å². The minimum atomic E-state index is -0.535. The summed E-state index contributed by atoms with van der Waals surface area (Å²) in [5.74, 6) is -1.02. The van der Waals surface area contributed by atoms with Gasteiger partial charge in [0.15, 0.2) is 0 Å². The van der Waals surface area contributed by atoms with Crippen LogP contribution in [-0.2, 0) is 22.5 Å². The minimum absolute atomic E-state index is 0.0628. The summed E-state index contributed by atoms with van der Waals surface area (Å²) >= 11 is 0. The number of nitrogens with two attached hydrogens (primary N) is 1. The van der Waals surface area contributed by atoms with Gasteiger partial charge in [0.1, 0.15) is 5.82 Å². The fourth-order valence-electron chi connectivity index (χ4n) is 1.38. The first kappa shape index (κ1) is 12.1. The highest BCUT2D eigenvalue weighted by Gasteiger charge is 2.14. The van der Waals surface area contributed by atoms with Crippen LogP contribution in [0.4, 0.5) is 4.39 Å². The van der Waals surface area contributed by atoms with Crippen molar-refractivity contribution in [1.82, 2.24) is 0 Å². The van der Waals surface area contributed by atoms with Gasteiger partial charge in [0.25, 0.3) is 0 Å². The van der Waals surface area contributed by atoms with E-state index in [1.807, 2.05) is 6.07 Å². The summed E-state index contributed by atoms with van der Waals surface area (Å²) in [6.45, 7) is -0.0796. The van der Waals surface area contributed by atoms with Crippen LogP contribution in [0.5, 0.6) is 0 Å². The van der Waals surface area contributed by atoms with Crippen molar-refractivity contribution in [3.8, 4) is 6.07 Å². The number of halogens is 1. The topological polar surface area (TPSA) is 76.1 Å². The van der Waals surface area contributed by atoms with Crippen molar-refractivity contribution in [2.24, 2.45) is 5.73 Å². The van der Waals surface area contributed by atoms with Gasteiger partial charge in [0.05, 0.1) is 25.2 Å². The molecule has 84 valence electrons. The van der Waals surface area contributed by atoms with Gasteiger partial charge in [-0.2, -0.15) is 5.26 Å². The van der Waals surface area contributed by atoms with Gasteiger partial charge < -0.3 is 10.5 Å². The Labute approximate surface area is 92.4 Å². The van der Waals surface area contributed by atoms with E-state index in [4.69, 9.17) is 11.0 Å². The van der Waals surface area contributed by atoms with Gasteiger partial charge in [-0.1, -0.05) is 6.07 Å². The lowest BCUT2D eigenvalue weighted by Gasteiger charge is -2.08. The molecule has 0 aliphatic rings. The molecule has 0 fully saturated rings. The zero-order valence-corrected chi connectivity index (χ0v) is 8.79. The van der Waals surface area contributed by atoms with E-state index in [1.54, 1.807) is 0 Å². The first-order chi connectivity index (χ1) is 7.63. The Bertz CT molecular complexity index is 452. The van der Waals surface area contributed by atoms with E-state index in [1.165, 1.54) is 19.2 Å². The number of esters is 1. The Balaban J connectivity index is 3.21. The van der Waals surface area contributed by atoms with Gasteiger partial charge in [0.2, 0.25) is 0 Å². The SMILES string of the molecule is COC(=O)Cc1ccc(F)c(CN)c1C#N. The maximum Gasteiger partial charge on any atom is 0.310 e. The van der Waals surface area contributed by atoms with E-state index in [-0.39, 0.29) is 24.1 Å². The number of carbonyl (C=O) groups is 1. The molecule has 1 aromatic rings. The van der Waals surface area contributed by atoms with Crippen molar-refractivity contribution in [1.29, 1.82) is 5.26 Å². The molecule has 0 aromatic heterocycles. The molecule has 0 aliphatic heterocycles. The predicted octanol–water partition coefficient (Wildman–Crippen LogP) is 0.872. The molecule has 0 atom stereocenters. The highest BCUT2D eigenvalue weighted by Crippen LogP contribution is 2.18. The summed E-state index contributed by atoms with van der Waals surface area (Å²) in [7, 11) is 1.25. The molecule has 4 nitrogen and oxygen atoms in total. The van der Waals surface area contributed by atoms with Crippen LogP contribution in [0, 0.1) is 17.1 Å². The molecule has 0 radical (unpaired) electrons. The van der Waals surface area contributed by atoms with E-state index < -0.39 is 11.8 Å². The quantitative estimate of drug-likeness (QED) is 0.770. The average molecular weight is 222 g/mol. The molecule has 2 N–H and O–H groups in total. The summed E-state index contributed by atoms with van der Waals surface area (Å²) in [6, 6.07) is 4.45. The van der Waals surface area contributed by atoms with Crippen LogP contribution >= 0.6 is 0 Å². The van der Waals surface area contributed by atoms with Crippen molar-refractivity contribution in [3.63, 3.8) is 0 Å². The molecule has 0 bridgehead atoms. The van der Waals surface area contributed by atoms with Crippen LogP contribution in [0.15, 0.2) is 12.1 Å². The lowest BCUT2D eigenvalue weighted by atomic mass is 9.99. The van der Waals surface area contributed by atoms with Crippen LogP contribution < -0.4 is 5.73 Å². The van der Waals surface area contributed by atoms with E-state index in [2.05, 4.69) is 4.74 Å². The van der Waals surface area contributed by atoms with E-state index >= 15 is 0 Å². The summed E-state index contributed by atoms with van der Waals surface area (Å²) in [6.07, 6.45) is -0.0628. The van der Waals surface area contributed by atoms with E-state index in [9.17, 15) is 9.18 Å². The molecule has 0 heterocycles. The normalized spacial score (nSPS) is 9.62. The molecule has 0 saturated heterocycles. The Hall–Kier alpha value is -1.93. The largest absolute Gasteiger partial charge is 0.469 e. The highest BCUT2D eigenvalue weighted by molar-refractivity contribution is 5.73. The molecule has 1 aromatic carbocycles. The van der Waals surface area contributed by atoms with E-state index in [0.29, 0.717) is 5.56 Å². The Morgan fingerprint density at radius 3 is 2.81 bits per heavy atom. The van der Waals surface area contributed by atoms with Crippen LogP contribution in [0.25, 0.3) is 0 Å². The molecule has 0 saturated carbocycles. The number of methoxy groups -OCH3 is 1. The number of carbonyl (C=O) groups excluding carboxylic acids is 1. The van der Waals surface area contributed by atoms with Crippen molar-refractivity contribution in [3.05, 3.63) is 34.6 Å². The minimum Gasteiger partial charge on any atom is -0.469 e. The summed E-state index contributed by atoms with van der Waals surface area (Å²) in [5.41, 5.74) is 6.03. The lowest BCUT2D eigenvalue weighted by molar-refractivity contribution is -0.139. The van der Waals surface area contributed by atoms with Crippen molar-refractivity contribution >= 4 is 5.97 Å². The molecule has 16 heavy (non-hydrogen) atoms. The van der Waals surface area contributed by atoms with Gasteiger partial charge in [-0.05, 0) is 11.6 Å². The smallest absolute Gasteiger partial charge is 0.310 e. The van der Waals surface area contributed by atoms with Crippen LogP contribution in [-0.4, -0.2) is 13.1 Å². The number of rotatable bonds is 3. The van der Waals surface area contributed by atoms with Crippen molar-refractivity contribution in [2.75, 3.05) is 7.11 Å². The summed E-state index contributed by atoms with van der Waals surface area (Å²) in [4.78, 5) is 11.1. The van der Waals surface area contributed by atoms with Gasteiger partial charge in [-0.15, -0.1) is 0 Å². The molecule has 5 heteroatoms. The first-order valence-electron chi connectivity index (χ1n) is 4.61. The van der Waals surface area contributed by atoms with Crippen molar-refractivity contribution in [2.45, 2.75) is 13.0 Å². The third-order valence-electron chi connectivity index (χ3n) is 2.22. The maximum atomic E-state index is 13.3. The monoisotopic (exact) mass is 222 g/mol. The third kappa shape index (κ3) is 2.35. The Morgan fingerprint density at radius 2 is 2.31 bits per heavy atom. The number of nitriles is 1. The summed E-state index contributed by atoms with van der Waals surface area (Å²) in [5, 5.41) is 8.92. The molecule has 0 spiro atoms. The van der Waals surface area contributed by atoms with Gasteiger partial charge in [-0.25, -0.2) is 4.39 Å². The lowest BCUT2D eigenvalue weighted by Crippen LogP contribution is -2.10. The summed E-state index contributed by atoms with van der Waals surface area (Å²) < 4.78 is 17.8.